The SMILES string of the molecule is CCCCC/C=C\CCOC(=O)c1cc([N+](=O)[O-])cc([N+](=O)[O-])c1. The second-order valence-corrected chi connectivity index (χ2v) is 5.14. The van der Waals surface area contributed by atoms with E-state index in [1.54, 1.807) is 0 Å². The molecular weight excluding hydrogens is 316 g/mol. The van der Waals surface area contributed by atoms with Crippen molar-refractivity contribution in [1.82, 2.24) is 0 Å². The molecule has 8 heteroatoms. The molecule has 0 N–H and O–H groups in total. The molecule has 0 amide bonds. The highest BCUT2D eigenvalue weighted by atomic mass is 16.6. The predicted molar refractivity (Wildman–Crippen MR) is 87.9 cm³/mol. The topological polar surface area (TPSA) is 113 Å². The summed E-state index contributed by atoms with van der Waals surface area (Å²) in [6, 6.07) is 2.74. The lowest BCUT2D eigenvalue weighted by Crippen LogP contribution is -2.07. The van der Waals surface area contributed by atoms with Gasteiger partial charge in [-0.1, -0.05) is 31.9 Å². The lowest BCUT2D eigenvalue weighted by Gasteiger charge is -2.03. The van der Waals surface area contributed by atoms with E-state index in [-0.39, 0.29) is 12.2 Å². The molecule has 0 radical (unpaired) electrons. The van der Waals surface area contributed by atoms with E-state index >= 15 is 0 Å². The Morgan fingerprint density at radius 2 is 1.62 bits per heavy atom. The van der Waals surface area contributed by atoms with Crippen LogP contribution in [-0.4, -0.2) is 22.4 Å². The third-order valence-electron chi connectivity index (χ3n) is 3.22. The molecular formula is C16H20N2O6. The molecule has 0 unspecified atom stereocenters. The van der Waals surface area contributed by atoms with Crippen molar-refractivity contribution in [3.05, 3.63) is 56.1 Å². The predicted octanol–water partition coefficient (Wildman–Crippen LogP) is 4.19. The molecule has 1 aromatic carbocycles. The van der Waals surface area contributed by atoms with Gasteiger partial charge in [0.05, 0.1) is 28.1 Å². The highest BCUT2D eigenvalue weighted by Crippen LogP contribution is 2.23. The zero-order valence-corrected chi connectivity index (χ0v) is 13.5. The van der Waals surface area contributed by atoms with Gasteiger partial charge in [-0.2, -0.15) is 0 Å². The van der Waals surface area contributed by atoms with Crippen LogP contribution in [0.3, 0.4) is 0 Å². The highest BCUT2D eigenvalue weighted by Gasteiger charge is 2.20. The van der Waals surface area contributed by atoms with Gasteiger partial charge in [0, 0.05) is 12.1 Å². The fraction of sp³-hybridized carbons (Fsp3) is 0.438. The summed E-state index contributed by atoms with van der Waals surface area (Å²) in [4.78, 5) is 31.9. The van der Waals surface area contributed by atoms with Crippen LogP contribution >= 0.6 is 0 Å². The molecule has 0 saturated heterocycles. The first-order valence-electron chi connectivity index (χ1n) is 7.71. The van der Waals surface area contributed by atoms with E-state index in [4.69, 9.17) is 4.74 Å². The summed E-state index contributed by atoms with van der Waals surface area (Å²) in [6.07, 6.45) is 8.85. The van der Waals surface area contributed by atoms with Crippen molar-refractivity contribution in [3.63, 3.8) is 0 Å². The number of nitro benzene ring substituents is 2. The lowest BCUT2D eigenvalue weighted by atomic mass is 10.2. The fourth-order valence-electron chi connectivity index (χ4n) is 1.97. The molecule has 0 aliphatic rings. The van der Waals surface area contributed by atoms with Gasteiger partial charge >= 0.3 is 5.97 Å². The largest absolute Gasteiger partial charge is 0.462 e. The number of hydrogen-bond donors (Lipinski definition) is 0. The van der Waals surface area contributed by atoms with Gasteiger partial charge in [-0.3, -0.25) is 20.2 Å². The van der Waals surface area contributed by atoms with Crippen molar-refractivity contribution in [1.29, 1.82) is 0 Å². The summed E-state index contributed by atoms with van der Waals surface area (Å²) in [7, 11) is 0. The number of nitrogens with zero attached hydrogens (tertiary/aromatic N) is 2. The van der Waals surface area contributed by atoms with Crippen molar-refractivity contribution in [2.45, 2.75) is 39.0 Å². The molecule has 0 aromatic heterocycles. The fourth-order valence-corrected chi connectivity index (χ4v) is 1.97. The number of carbonyl (C=O) groups excluding carboxylic acids is 1. The van der Waals surface area contributed by atoms with E-state index < -0.39 is 27.2 Å². The Kier molecular flexibility index (Phi) is 8.10. The van der Waals surface area contributed by atoms with Crippen LogP contribution in [0.5, 0.6) is 0 Å². The number of non-ortho nitro benzene ring substituents is 2. The van der Waals surface area contributed by atoms with Gasteiger partial charge in [-0.25, -0.2) is 4.79 Å². The minimum atomic E-state index is -0.818. The summed E-state index contributed by atoms with van der Waals surface area (Å²) in [5.74, 6) is -0.818. The van der Waals surface area contributed by atoms with Crippen molar-refractivity contribution in [2.75, 3.05) is 6.61 Å². The molecule has 0 aliphatic heterocycles. The van der Waals surface area contributed by atoms with Gasteiger partial charge in [0.15, 0.2) is 0 Å². The highest BCUT2D eigenvalue weighted by molar-refractivity contribution is 5.91. The van der Waals surface area contributed by atoms with Crippen LogP contribution in [0.15, 0.2) is 30.4 Å². The van der Waals surface area contributed by atoms with Crippen molar-refractivity contribution in [3.8, 4) is 0 Å². The van der Waals surface area contributed by atoms with Crippen LogP contribution in [0.25, 0.3) is 0 Å². The van der Waals surface area contributed by atoms with E-state index in [2.05, 4.69) is 6.92 Å². The average molecular weight is 336 g/mol. The smallest absolute Gasteiger partial charge is 0.338 e. The zero-order chi connectivity index (χ0) is 17.9. The third kappa shape index (κ3) is 6.55. The van der Waals surface area contributed by atoms with Crippen molar-refractivity contribution >= 4 is 17.3 Å². The standard InChI is InChI=1S/C16H20N2O6/c1-2-3-4-5-6-7-8-9-24-16(19)13-10-14(17(20)21)12-15(11-13)18(22)23/h6-7,10-12H,2-5,8-9H2,1H3/b7-6-. The monoisotopic (exact) mass is 336 g/mol. The van der Waals surface area contributed by atoms with Crippen LogP contribution in [0.1, 0.15) is 49.4 Å². The Labute approximate surface area is 139 Å². The minimum absolute atomic E-state index is 0.111. The molecule has 0 atom stereocenters. The minimum Gasteiger partial charge on any atom is -0.462 e. The van der Waals surface area contributed by atoms with Crippen LogP contribution < -0.4 is 0 Å². The van der Waals surface area contributed by atoms with E-state index in [9.17, 15) is 25.0 Å². The molecule has 24 heavy (non-hydrogen) atoms. The van der Waals surface area contributed by atoms with Gasteiger partial charge in [0.1, 0.15) is 0 Å². The number of ether oxygens (including phenoxy) is 1. The van der Waals surface area contributed by atoms with Gasteiger partial charge in [-0.05, 0) is 19.3 Å². The maximum atomic E-state index is 11.9. The van der Waals surface area contributed by atoms with Crippen molar-refractivity contribution < 1.29 is 19.4 Å². The summed E-state index contributed by atoms with van der Waals surface area (Å²) < 4.78 is 4.99. The maximum Gasteiger partial charge on any atom is 0.338 e. The number of hydrogen-bond acceptors (Lipinski definition) is 6. The normalized spacial score (nSPS) is 10.7. The Morgan fingerprint density at radius 3 is 2.17 bits per heavy atom. The van der Waals surface area contributed by atoms with Crippen LogP contribution in [0, 0.1) is 20.2 Å². The molecule has 0 fully saturated rings. The number of carbonyl (C=O) groups is 1. The van der Waals surface area contributed by atoms with Gasteiger partial charge < -0.3 is 4.74 Å². The summed E-state index contributed by atoms with van der Waals surface area (Å²) in [6.45, 7) is 2.24. The number of rotatable bonds is 10. The molecule has 0 saturated carbocycles. The van der Waals surface area contributed by atoms with Crippen molar-refractivity contribution in [2.24, 2.45) is 0 Å². The molecule has 0 aliphatic carbocycles. The molecule has 1 rings (SSSR count). The van der Waals surface area contributed by atoms with E-state index in [0.717, 1.165) is 37.5 Å². The molecule has 0 heterocycles. The third-order valence-corrected chi connectivity index (χ3v) is 3.22. The first kappa shape index (κ1) is 19.3. The lowest BCUT2D eigenvalue weighted by molar-refractivity contribution is -0.394. The molecule has 0 bridgehead atoms. The quantitative estimate of drug-likeness (QED) is 0.208. The van der Waals surface area contributed by atoms with Gasteiger partial charge in [0.25, 0.3) is 11.4 Å². The van der Waals surface area contributed by atoms with Gasteiger partial charge in [-0.15, -0.1) is 0 Å². The number of nitro groups is 2. The zero-order valence-electron chi connectivity index (χ0n) is 13.5. The average Bonchev–Trinajstić information content (AvgIpc) is 2.56. The number of benzene rings is 1. The van der Waals surface area contributed by atoms with E-state index in [0.29, 0.717) is 6.42 Å². The maximum absolute atomic E-state index is 11.9. The van der Waals surface area contributed by atoms with Gasteiger partial charge in [0.2, 0.25) is 0 Å². The van der Waals surface area contributed by atoms with Crippen LogP contribution in [0.2, 0.25) is 0 Å². The Bertz CT molecular complexity index is 595. The Morgan fingerprint density at radius 1 is 1.04 bits per heavy atom. The first-order valence-corrected chi connectivity index (χ1v) is 7.71. The Hall–Kier alpha value is -2.77. The number of allylic oxidation sites excluding steroid dienone is 1. The molecule has 8 nitrogen and oxygen atoms in total. The molecule has 1 aromatic rings. The number of unbranched alkanes of at least 4 members (excludes halogenated alkanes) is 3. The second kappa shape index (κ2) is 10.1. The Balaban J connectivity index is 2.58. The van der Waals surface area contributed by atoms with E-state index in [1.807, 2.05) is 12.2 Å². The second-order valence-electron chi connectivity index (χ2n) is 5.14. The van der Waals surface area contributed by atoms with Crippen LogP contribution in [-0.2, 0) is 4.74 Å². The summed E-state index contributed by atoms with van der Waals surface area (Å²) in [5.41, 5.74) is -1.25. The molecule has 130 valence electrons. The number of esters is 1. The van der Waals surface area contributed by atoms with E-state index in [1.165, 1.54) is 6.42 Å². The summed E-state index contributed by atoms with van der Waals surface area (Å²) in [5, 5.41) is 21.6. The summed E-state index contributed by atoms with van der Waals surface area (Å²) >= 11 is 0. The first-order chi connectivity index (χ1) is 11.5. The van der Waals surface area contributed by atoms with Crippen LogP contribution in [0.4, 0.5) is 11.4 Å². The molecule has 0 spiro atoms.